The minimum Gasteiger partial charge on any atom is -0.493 e. The molecule has 4 rings (SSSR count). The van der Waals surface area contributed by atoms with Crippen molar-refractivity contribution in [3.05, 3.63) is 41.7 Å². The maximum Gasteiger partial charge on any atom is 0.229 e. The molecule has 0 radical (unpaired) electrons. The molecule has 1 amide bonds. The molecule has 1 aliphatic heterocycles. The lowest BCUT2D eigenvalue weighted by molar-refractivity contribution is -0.120. The van der Waals surface area contributed by atoms with Crippen molar-refractivity contribution in [3.8, 4) is 16.6 Å². The molecule has 164 valence electrons. The minimum atomic E-state index is -0.121. The zero-order valence-corrected chi connectivity index (χ0v) is 19.0. The summed E-state index contributed by atoms with van der Waals surface area (Å²) in [6.07, 6.45) is 1.78. The fraction of sp³-hybridized carbons (Fsp3) is 0.409. The Hall–Kier alpha value is -3.07. The number of benzene rings is 1. The topological polar surface area (TPSA) is 81.5 Å². The molecule has 31 heavy (non-hydrogen) atoms. The molecule has 1 fully saturated rings. The van der Waals surface area contributed by atoms with E-state index >= 15 is 0 Å². The van der Waals surface area contributed by atoms with Crippen LogP contribution in [-0.4, -0.2) is 48.0 Å². The van der Waals surface area contributed by atoms with Crippen LogP contribution in [0.2, 0.25) is 0 Å². The highest BCUT2D eigenvalue weighted by Gasteiger charge is 2.28. The van der Waals surface area contributed by atoms with Crippen LogP contribution in [0.15, 0.2) is 30.3 Å². The van der Waals surface area contributed by atoms with Gasteiger partial charge in [0.25, 0.3) is 0 Å². The van der Waals surface area contributed by atoms with Crippen LogP contribution in [0.5, 0.6) is 11.5 Å². The van der Waals surface area contributed by atoms with E-state index < -0.39 is 0 Å². The van der Waals surface area contributed by atoms with E-state index in [1.807, 2.05) is 6.07 Å². The number of hydrogen-bond donors (Lipinski definition) is 1. The fourth-order valence-electron chi connectivity index (χ4n) is 3.92. The first-order valence-electron chi connectivity index (χ1n) is 10.3. The standard InChI is InChI=1S/C22H27N5O3S/c1-14-7-8-15(2)27(14)22-25-24-21(31-22)26-11-5-6-16(13-26)20(28)23-17-9-10-18(29-3)19(12-17)30-4/h7-10,12,16H,5-6,11,13H2,1-4H3,(H,23,28). The van der Waals surface area contributed by atoms with Crippen LogP contribution in [0.25, 0.3) is 5.13 Å². The number of ether oxygens (including phenoxy) is 2. The van der Waals surface area contributed by atoms with Gasteiger partial charge in [0.15, 0.2) is 11.5 Å². The van der Waals surface area contributed by atoms with E-state index in [1.54, 1.807) is 37.7 Å². The second-order valence-electron chi connectivity index (χ2n) is 7.66. The van der Waals surface area contributed by atoms with Gasteiger partial charge >= 0.3 is 0 Å². The second kappa shape index (κ2) is 8.97. The molecule has 2 aromatic heterocycles. The van der Waals surface area contributed by atoms with Gasteiger partial charge < -0.3 is 19.7 Å². The Kier molecular flexibility index (Phi) is 6.13. The first kappa shape index (κ1) is 21.2. The van der Waals surface area contributed by atoms with Gasteiger partial charge in [-0.1, -0.05) is 11.3 Å². The van der Waals surface area contributed by atoms with Crippen molar-refractivity contribution in [2.24, 2.45) is 5.92 Å². The third-order valence-electron chi connectivity index (χ3n) is 5.58. The summed E-state index contributed by atoms with van der Waals surface area (Å²) in [6.45, 7) is 5.61. The molecule has 8 nitrogen and oxygen atoms in total. The van der Waals surface area contributed by atoms with Gasteiger partial charge in [-0.25, -0.2) is 0 Å². The van der Waals surface area contributed by atoms with Gasteiger partial charge in [0.1, 0.15) is 0 Å². The Balaban J connectivity index is 1.45. The van der Waals surface area contributed by atoms with E-state index in [0.717, 1.165) is 41.0 Å². The van der Waals surface area contributed by atoms with Crippen LogP contribution in [0.4, 0.5) is 10.8 Å². The second-order valence-corrected chi connectivity index (χ2v) is 8.60. The Labute approximate surface area is 185 Å². The normalized spacial score (nSPS) is 16.3. The van der Waals surface area contributed by atoms with E-state index in [9.17, 15) is 4.79 Å². The smallest absolute Gasteiger partial charge is 0.229 e. The largest absolute Gasteiger partial charge is 0.493 e. The molecular weight excluding hydrogens is 414 g/mol. The average molecular weight is 442 g/mol. The number of methoxy groups -OCH3 is 2. The molecule has 0 bridgehead atoms. The van der Waals surface area contributed by atoms with Crippen LogP contribution in [0.3, 0.4) is 0 Å². The number of nitrogens with one attached hydrogen (secondary N) is 1. The summed E-state index contributed by atoms with van der Waals surface area (Å²) >= 11 is 1.56. The Morgan fingerprint density at radius 1 is 1.06 bits per heavy atom. The van der Waals surface area contributed by atoms with Gasteiger partial charge in [0.2, 0.25) is 16.2 Å². The molecule has 1 atom stereocenters. The Morgan fingerprint density at radius 2 is 1.77 bits per heavy atom. The third kappa shape index (κ3) is 4.36. The van der Waals surface area contributed by atoms with Gasteiger partial charge in [-0.3, -0.25) is 9.36 Å². The molecule has 3 aromatic rings. The van der Waals surface area contributed by atoms with E-state index in [1.165, 1.54) is 0 Å². The molecule has 0 spiro atoms. The zero-order valence-electron chi connectivity index (χ0n) is 18.2. The summed E-state index contributed by atoms with van der Waals surface area (Å²) in [4.78, 5) is 15.1. The van der Waals surface area contributed by atoms with Gasteiger partial charge in [0.05, 0.1) is 20.1 Å². The van der Waals surface area contributed by atoms with Crippen LogP contribution >= 0.6 is 11.3 Å². The number of amides is 1. The molecular formula is C22H27N5O3S. The SMILES string of the molecule is COc1ccc(NC(=O)C2CCCN(c3nnc(-n4c(C)ccc4C)s3)C2)cc1OC. The van der Waals surface area contributed by atoms with Crippen LogP contribution in [-0.2, 0) is 4.79 Å². The molecule has 3 heterocycles. The quantitative estimate of drug-likeness (QED) is 0.626. The highest BCUT2D eigenvalue weighted by Crippen LogP contribution is 2.32. The maximum absolute atomic E-state index is 12.9. The summed E-state index contributed by atoms with van der Waals surface area (Å²) in [5, 5.41) is 13.5. The van der Waals surface area contributed by atoms with Crippen molar-refractivity contribution in [2.75, 3.05) is 37.5 Å². The van der Waals surface area contributed by atoms with Crippen LogP contribution in [0, 0.1) is 19.8 Å². The average Bonchev–Trinajstić information content (AvgIpc) is 3.39. The molecule has 9 heteroatoms. The first-order chi connectivity index (χ1) is 15.0. The number of carbonyl (C=O) groups is 1. The van der Waals surface area contributed by atoms with Crippen molar-refractivity contribution in [1.29, 1.82) is 0 Å². The number of piperidine rings is 1. The predicted molar refractivity (Wildman–Crippen MR) is 122 cm³/mol. The number of nitrogens with zero attached hydrogens (tertiary/aromatic N) is 4. The number of rotatable bonds is 6. The lowest BCUT2D eigenvalue weighted by atomic mass is 9.97. The zero-order chi connectivity index (χ0) is 22.0. The molecule has 0 saturated carbocycles. The number of aryl methyl sites for hydroxylation is 2. The molecule has 1 N–H and O–H groups in total. The first-order valence-corrected chi connectivity index (χ1v) is 11.1. The van der Waals surface area contributed by atoms with Crippen molar-refractivity contribution < 1.29 is 14.3 Å². The molecule has 1 saturated heterocycles. The van der Waals surface area contributed by atoms with Crippen LogP contribution in [0.1, 0.15) is 24.2 Å². The lowest BCUT2D eigenvalue weighted by Gasteiger charge is -2.31. The minimum absolute atomic E-state index is 0.00115. The van der Waals surface area contributed by atoms with Gasteiger partial charge in [0, 0.05) is 36.2 Å². The highest BCUT2D eigenvalue weighted by atomic mass is 32.1. The summed E-state index contributed by atoms with van der Waals surface area (Å²) in [5.74, 6) is 1.09. The predicted octanol–water partition coefficient (Wildman–Crippen LogP) is 3.82. The Bertz CT molecular complexity index is 1060. The van der Waals surface area contributed by atoms with Crippen molar-refractivity contribution in [2.45, 2.75) is 26.7 Å². The monoisotopic (exact) mass is 441 g/mol. The highest BCUT2D eigenvalue weighted by molar-refractivity contribution is 7.17. The number of carbonyl (C=O) groups excluding carboxylic acids is 1. The Morgan fingerprint density at radius 3 is 2.48 bits per heavy atom. The van der Waals surface area contributed by atoms with E-state index in [4.69, 9.17) is 9.47 Å². The van der Waals surface area contributed by atoms with E-state index in [-0.39, 0.29) is 11.8 Å². The van der Waals surface area contributed by atoms with Crippen molar-refractivity contribution in [3.63, 3.8) is 0 Å². The summed E-state index contributed by atoms with van der Waals surface area (Å²) < 4.78 is 12.7. The molecule has 1 aliphatic rings. The van der Waals surface area contributed by atoms with Crippen molar-refractivity contribution in [1.82, 2.24) is 14.8 Å². The molecule has 1 unspecified atom stereocenters. The number of anilines is 2. The van der Waals surface area contributed by atoms with Crippen molar-refractivity contribution >= 4 is 28.1 Å². The third-order valence-corrected chi connectivity index (χ3v) is 6.55. The van der Waals surface area contributed by atoms with Gasteiger partial charge in [-0.2, -0.15) is 0 Å². The van der Waals surface area contributed by atoms with Crippen LogP contribution < -0.4 is 19.7 Å². The number of aromatic nitrogens is 3. The molecule has 1 aromatic carbocycles. The van der Waals surface area contributed by atoms with E-state index in [2.05, 4.69) is 51.0 Å². The van der Waals surface area contributed by atoms with E-state index in [0.29, 0.717) is 23.7 Å². The summed E-state index contributed by atoms with van der Waals surface area (Å²) in [5.41, 5.74) is 2.95. The number of hydrogen-bond acceptors (Lipinski definition) is 7. The fourth-order valence-corrected chi connectivity index (χ4v) is 4.92. The summed E-state index contributed by atoms with van der Waals surface area (Å²) in [6, 6.07) is 9.53. The van der Waals surface area contributed by atoms with Gasteiger partial charge in [-0.05, 0) is 51.0 Å². The summed E-state index contributed by atoms with van der Waals surface area (Å²) in [7, 11) is 3.17. The van der Waals surface area contributed by atoms with Gasteiger partial charge in [-0.15, -0.1) is 10.2 Å². The molecule has 0 aliphatic carbocycles. The maximum atomic E-state index is 12.9. The lowest BCUT2D eigenvalue weighted by Crippen LogP contribution is -2.40.